The lowest BCUT2D eigenvalue weighted by atomic mass is 10.2. The molecule has 0 aliphatic heterocycles. The molecule has 110 valence electrons. The molecule has 1 amide bonds. The van der Waals surface area contributed by atoms with Crippen molar-refractivity contribution in [3.63, 3.8) is 0 Å². The number of nitrogens with two attached hydrogens (primary N) is 1. The van der Waals surface area contributed by atoms with Gasteiger partial charge >= 0.3 is 0 Å². The maximum atomic E-state index is 12.2. The van der Waals surface area contributed by atoms with Crippen LogP contribution in [0, 0.1) is 5.92 Å². The van der Waals surface area contributed by atoms with E-state index in [-0.39, 0.29) is 18.3 Å². The molecule has 3 N–H and O–H groups in total. The summed E-state index contributed by atoms with van der Waals surface area (Å²) in [6.45, 7) is 5.52. The van der Waals surface area contributed by atoms with Crippen molar-refractivity contribution in [3.05, 3.63) is 12.7 Å². The molecule has 0 aromatic rings. The van der Waals surface area contributed by atoms with Crippen molar-refractivity contribution in [3.8, 4) is 0 Å². The third kappa shape index (κ3) is 2.66. The first kappa shape index (κ1) is 16.5. The monoisotopic (exact) mass is 308 g/mol. The van der Waals surface area contributed by atoms with Crippen molar-refractivity contribution >= 4 is 28.3 Å². The van der Waals surface area contributed by atoms with Crippen molar-refractivity contribution in [2.75, 3.05) is 0 Å². The maximum absolute atomic E-state index is 12.2. The van der Waals surface area contributed by atoms with Crippen LogP contribution in [0.5, 0.6) is 0 Å². The minimum Gasteiger partial charge on any atom is -0.317 e. The van der Waals surface area contributed by atoms with Gasteiger partial charge in [-0.3, -0.25) is 9.52 Å². The van der Waals surface area contributed by atoms with Crippen molar-refractivity contribution in [2.24, 2.45) is 11.7 Å². The molecule has 0 unspecified atom stereocenters. The van der Waals surface area contributed by atoms with Gasteiger partial charge in [0, 0.05) is 5.92 Å². The van der Waals surface area contributed by atoms with Crippen molar-refractivity contribution < 1.29 is 13.2 Å². The van der Waals surface area contributed by atoms with Crippen LogP contribution in [0.4, 0.5) is 0 Å². The van der Waals surface area contributed by atoms with Gasteiger partial charge in [-0.2, -0.15) is 0 Å². The summed E-state index contributed by atoms with van der Waals surface area (Å²) >= 11 is 0. The van der Waals surface area contributed by atoms with Crippen LogP contribution in [0.15, 0.2) is 12.7 Å². The van der Waals surface area contributed by atoms with E-state index in [1.54, 1.807) is 6.08 Å². The van der Waals surface area contributed by atoms with E-state index in [4.69, 9.17) is 5.73 Å². The average molecular weight is 309 g/mol. The minimum absolute atomic E-state index is 0. The Morgan fingerprint density at radius 2 is 2.11 bits per heavy atom. The number of halogens is 1. The fourth-order valence-corrected chi connectivity index (χ4v) is 4.20. The molecule has 2 aliphatic carbocycles. The quantitative estimate of drug-likeness (QED) is 0.719. The molecule has 2 fully saturated rings. The van der Waals surface area contributed by atoms with Crippen LogP contribution >= 0.6 is 12.4 Å². The van der Waals surface area contributed by atoms with E-state index in [0.29, 0.717) is 25.7 Å². The molecule has 5 nitrogen and oxygen atoms in total. The van der Waals surface area contributed by atoms with E-state index in [0.717, 1.165) is 6.42 Å². The maximum Gasteiger partial charge on any atom is 0.254 e. The smallest absolute Gasteiger partial charge is 0.254 e. The molecule has 0 aromatic carbocycles. The van der Waals surface area contributed by atoms with Crippen molar-refractivity contribution in [1.82, 2.24) is 4.72 Å². The molecule has 19 heavy (non-hydrogen) atoms. The second kappa shape index (κ2) is 5.07. The van der Waals surface area contributed by atoms with E-state index in [1.807, 2.05) is 6.92 Å². The van der Waals surface area contributed by atoms with Gasteiger partial charge in [-0.05, 0) is 25.7 Å². The van der Waals surface area contributed by atoms with Gasteiger partial charge in [0.1, 0.15) is 5.54 Å². The predicted molar refractivity (Wildman–Crippen MR) is 76.4 cm³/mol. The first-order chi connectivity index (χ1) is 8.31. The Kier molecular flexibility index (Phi) is 4.39. The lowest BCUT2D eigenvalue weighted by Crippen LogP contribution is -2.49. The third-order valence-corrected chi connectivity index (χ3v) is 6.28. The molecule has 0 spiro atoms. The van der Waals surface area contributed by atoms with E-state index in [1.165, 1.54) is 0 Å². The zero-order valence-corrected chi connectivity index (χ0v) is 12.6. The fourth-order valence-electron chi connectivity index (χ4n) is 2.43. The molecule has 2 rings (SSSR count). The predicted octanol–water partition coefficient (Wildman–Crippen LogP) is 1.09. The van der Waals surface area contributed by atoms with E-state index in [9.17, 15) is 13.2 Å². The number of rotatable bonds is 6. The summed E-state index contributed by atoms with van der Waals surface area (Å²) in [5.74, 6) is -0.705. The fraction of sp³-hybridized carbons (Fsp3) is 0.750. The van der Waals surface area contributed by atoms with Crippen LogP contribution in [0.1, 0.15) is 39.0 Å². The van der Waals surface area contributed by atoms with Crippen molar-refractivity contribution in [2.45, 2.75) is 49.3 Å². The van der Waals surface area contributed by atoms with Gasteiger partial charge in [-0.25, -0.2) is 8.42 Å². The first-order valence-electron chi connectivity index (χ1n) is 6.29. The van der Waals surface area contributed by atoms with Gasteiger partial charge in [0.15, 0.2) is 0 Å². The molecule has 7 heteroatoms. The summed E-state index contributed by atoms with van der Waals surface area (Å²) < 4.78 is 25.8. The third-order valence-electron chi connectivity index (χ3n) is 4.08. The Hall–Kier alpha value is -0.590. The van der Waals surface area contributed by atoms with Crippen LogP contribution in [-0.2, 0) is 14.8 Å². The summed E-state index contributed by atoms with van der Waals surface area (Å²) in [5.41, 5.74) is 4.77. The van der Waals surface area contributed by atoms with Crippen LogP contribution in [0.25, 0.3) is 0 Å². The summed E-state index contributed by atoms with van der Waals surface area (Å²) in [5, 5.41) is 0. The van der Waals surface area contributed by atoms with E-state index >= 15 is 0 Å². The van der Waals surface area contributed by atoms with Crippen LogP contribution in [-0.4, -0.2) is 24.6 Å². The molecule has 0 aromatic heterocycles. The summed E-state index contributed by atoms with van der Waals surface area (Å²) in [4.78, 5) is 11.9. The van der Waals surface area contributed by atoms with E-state index in [2.05, 4.69) is 11.3 Å². The van der Waals surface area contributed by atoms with Crippen LogP contribution < -0.4 is 10.5 Å². The molecule has 0 radical (unpaired) electrons. The topological polar surface area (TPSA) is 89.3 Å². The average Bonchev–Trinajstić information content (AvgIpc) is 3.15. The second-order valence-corrected chi connectivity index (χ2v) is 7.53. The summed E-state index contributed by atoms with van der Waals surface area (Å²) in [6, 6.07) is 0. The standard InChI is InChI=1S/C12H20N2O3S.ClH/c1-3-5-11(6-7-11)18(16,17)14-10(15)12(13)8-9(12)4-2;/h4,9H,2-3,5-8,13H2,1H3,(H,14,15);1H/t9-,12-;/m1./s1. The Morgan fingerprint density at radius 1 is 1.53 bits per heavy atom. The lowest BCUT2D eigenvalue weighted by Gasteiger charge is -2.18. The highest BCUT2D eigenvalue weighted by molar-refractivity contribution is 7.91. The van der Waals surface area contributed by atoms with Gasteiger partial charge in [0.2, 0.25) is 10.0 Å². The number of nitrogens with one attached hydrogen (secondary N) is 1. The molecule has 2 saturated carbocycles. The Labute approximate surface area is 120 Å². The number of carbonyl (C=O) groups excluding carboxylic acids is 1. The summed E-state index contributed by atoms with van der Waals surface area (Å²) in [6.07, 6.45) is 4.72. The minimum atomic E-state index is -3.60. The highest BCUT2D eigenvalue weighted by Crippen LogP contribution is 2.48. The Balaban J connectivity index is 0.00000180. The Morgan fingerprint density at radius 3 is 2.47 bits per heavy atom. The normalized spacial score (nSPS) is 30.9. The molecule has 0 heterocycles. The lowest BCUT2D eigenvalue weighted by molar-refractivity contribution is -0.121. The zero-order valence-electron chi connectivity index (χ0n) is 11.0. The van der Waals surface area contributed by atoms with Crippen LogP contribution in [0.3, 0.4) is 0 Å². The largest absolute Gasteiger partial charge is 0.317 e. The number of hydrogen-bond donors (Lipinski definition) is 2. The van der Waals surface area contributed by atoms with E-state index < -0.39 is 26.2 Å². The number of sulfonamides is 1. The molecule has 2 atom stereocenters. The molecular formula is C12H21ClN2O3S. The van der Waals surface area contributed by atoms with Gasteiger partial charge in [0.05, 0.1) is 4.75 Å². The van der Waals surface area contributed by atoms with Gasteiger partial charge < -0.3 is 5.73 Å². The number of amides is 1. The number of carbonyl (C=O) groups is 1. The van der Waals surface area contributed by atoms with Crippen molar-refractivity contribution in [1.29, 1.82) is 0 Å². The molecular weight excluding hydrogens is 288 g/mol. The van der Waals surface area contributed by atoms with Gasteiger partial charge in [-0.1, -0.05) is 19.4 Å². The SMILES string of the molecule is C=C[C@@H]1C[C@]1(N)C(=O)NS(=O)(=O)C1(CCC)CC1.Cl. The first-order valence-corrected chi connectivity index (χ1v) is 7.78. The molecule has 0 bridgehead atoms. The second-order valence-electron chi connectivity index (χ2n) is 5.45. The molecule has 2 aliphatic rings. The molecule has 0 saturated heterocycles. The number of hydrogen-bond acceptors (Lipinski definition) is 4. The van der Waals surface area contributed by atoms with Gasteiger partial charge in [-0.15, -0.1) is 19.0 Å². The van der Waals surface area contributed by atoms with Crippen LogP contribution in [0.2, 0.25) is 0 Å². The van der Waals surface area contributed by atoms with Gasteiger partial charge in [0.25, 0.3) is 5.91 Å². The zero-order chi connectivity index (χ0) is 13.6. The highest BCUT2D eigenvalue weighted by atomic mass is 35.5. The highest BCUT2D eigenvalue weighted by Gasteiger charge is 2.59. The summed E-state index contributed by atoms with van der Waals surface area (Å²) in [7, 11) is -3.60. The Bertz CT molecular complexity index is 487.